The SMILES string of the molecule is CB(O)CC(CCCCCCCCN(B(C)O)C(=NB(C)O)N(CCCOCc1ccc(C2=NCCCN2B(C)O)cc1)B(C)O)=NB(C)O. The zero-order chi connectivity index (χ0) is 37.1. The Kier molecular flexibility index (Phi) is 21.1. The van der Waals surface area contributed by atoms with Gasteiger partial charge in [0.25, 0.3) is 6.92 Å². The first-order valence-corrected chi connectivity index (χ1v) is 18.5. The highest BCUT2D eigenvalue weighted by atomic mass is 16.5. The van der Waals surface area contributed by atoms with E-state index in [0.717, 1.165) is 87.1 Å². The molecule has 274 valence electrons. The molecule has 1 aliphatic heterocycles. The Morgan fingerprint density at radius 3 is 1.92 bits per heavy atom. The van der Waals surface area contributed by atoms with Crippen LogP contribution in [-0.4, -0.2) is 137 Å². The summed E-state index contributed by atoms with van der Waals surface area (Å²) in [4.78, 5) is 18.6. The van der Waals surface area contributed by atoms with Crippen LogP contribution in [-0.2, 0) is 11.3 Å². The van der Waals surface area contributed by atoms with E-state index < -0.39 is 42.2 Å². The van der Waals surface area contributed by atoms with Crippen molar-refractivity contribution in [1.29, 1.82) is 0 Å². The van der Waals surface area contributed by atoms with Gasteiger partial charge in [0.2, 0.25) is 0 Å². The molecule has 1 aromatic rings. The lowest BCUT2D eigenvalue weighted by Crippen LogP contribution is -2.56. The molecule has 0 amide bonds. The highest BCUT2D eigenvalue weighted by molar-refractivity contribution is 6.57. The summed E-state index contributed by atoms with van der Waals surface area (Å²) in [7, 11) is -4.15. The molecule has 0 aromatic heterocycles. The first kappa shape index (κ1) is 43.9. The molecule has 13 nitrogen and oxygen atoms in total. The molecule has 0 bridgehead atoms. The molecule has 0 saturated carbocycles. The molecule has 6 N–H and O–H groups in total. The Morgan fingerprint density at radius 2 is 1.36 bits per heavy atom. The monoisotopic (exact) mass is 695 g/mol. The van der Waals surface area contributed by atoms with E-state index >= 15 is 0 Å². The van der Waals surface area contributed by atoms with E-state index in [0.29, 0.717) is 45.0 Å². The van der Waals surface area contributed by atoms with Gasteiger partial charge >= 0.3 is 35.3 Å². The number of hydrogen-bond acceptors (Lipinski definition) is 11. The normalized spacial score (nSPS) is 13.6. The van der Waals surface area contributed by atoms with Gasteiger partial charge in [0.05, 0.1) is 6.61 Å². The summed E-state index contributed by atoms with van der Waals surface area (Å²) in [5, 5.41) is 61.0. The van der Waals surface area contributed by atoms with Crippen molar-refractivity contribution in [2.45, 2.75) is 112 Å². The molecule has 0 saturated heterocycles. The van der Waals surface area contributed by atoms with Crippen molar-refractivity contribution in [1.82, 2.24) is 14.4 Å². The van der Waals surface area contributed by atoms with Crippen LogP contribution in [0.2, 0.25) is 47.3 Å². The highest BCUT2D eigenvalue weighted by Crippen LogP contribution is 2.16. The smallest absolute Gasteiger partial charge is 0.431 e. The van der Waals surface area contributed by atoms with Gasteiger partial charge in [0.1, 0.15) is 5.84 Å². The average Bonchev–Trinajstić information content (AvgIpc) is 3.04. The zero-order valence-electron chi connectivity index (χ0n) is 31.4. The second kappa shape index (κ2) is 24.1. The van der Waals surface area contributed by atoms with Gasteiger partial charge in [-0.15, -0.1) is 0 Å². The second-order valence-electron chi connectivity index (χ2n) is 13.5. The number of amidine groups is 1. The van der Waals surface area contributed by atoms with Crippen LogP contribution >= 0.6 is 0 Å². The molecule has 19 heteroatoms. The predicted octanol–water partition coefficient (Wildman–Crippen LogP) is 2.34. The molecule has 0 atom stereocenters. The summed E-state index contributed by atoms with van der Waals surface area (Å²) >= 11 is 0. The molecule has 1 heterocycles. The third-order valence-corrected chi connectivity index (χ3v) is 8.44. The lowest BCUT2D eigenvalue weighted by molar-refractivity contribution is 0.116. The molecule has 2 rings (SSSR count). The number of nitrogens with zero attached hydrogens (tertiary/aromatic N) is 6. The van der Waals surface area contributed by atoms with Crippen molar-refractivity contribution in [3.05, 3.63) is 35.4 Å². The maximum atomic E-state index is 10.7. The highest BCUT2D eigenvalue weighted by Gasteiger charge is 2.30. The molecule has 1 aromatic carbocycles. The van der Waals surface area contributed by atoms with Gasteiger partial charge in [-0.3, -0.25) is 9.90 Å². The average molecular weight is 694 g/mol. The number of rotatable bonds is 23. The summed E-state index contributed by atoms with van der Waals surface area (Å²) in [6, 6.07) is 8.02. The van der Waals surface area contributed by atoms with Gasteiger partial charge < -0.3 is 54.2 Å². The molecular weight excluding hydrogens is 633 g/mol. The quantitative estimate of drug-likeness (QED) is 0.0432. The van der Waals surface area contributed by atoms with E-state index in [1.54, 1.807) is 50.6 Å². The van der Waals surface area contributed by atoms with Crippen molar-refractivity contribution < 1.29 is 34.9 Å². The number of benzene rings is 1. The maximum absolute atomic E-state index is 10.7. The minimum absolute atomic E-state index is 0.348. The number of aliphatic imine (C=N–C) groups is 1. The third kappa shape index (κ3) is 16.8. The van der Waals surface area contributed by atoms with Crippen LogP contribution < -0.4 is 0 Å². The minimum atomic E-state index is -1.02. The third-order valence-electron chi connectivity index (χ3n) is 8.44. The fourth-order valence-electron chi connectivity index (χ4n) is 6.05. The number of ether oxygens (including phenoxy) is 1. The lowest BCUT2D eigenvalue weighted by atomic mass is 9.65. The van der Waals surface area contributed by atoms with E-state index in [9.17, 15) is 30.1 Å². The van der Waals surface area contributed by atoms with Gasteiger partial charge in [0.15, 0.2) is 5.96 Å². The Bertz CT molecular complexity index is 1180. The summed E-state index contributed by atoms with van der Waals surface area (Å²) < 4.78 is 5.96. The Balaban J connectivity index is 1.85. The second-order valence-corrected chi connectivity index (χ2v) is 13.5. The Labute approximate surface area is 303 Å². The fraction of sp³-hybridized carbons (Fsp3) is 0.710. The largest absolute Gasteiger partial charge is 0.450 e. The first-order chi connectivity index (χ1) is 23.8. The summed E-state index contributed by atoms with van der Waals surface area (Å²) in [6.45, 7) is 12.8. The molecule has 1 aliphatic rings. The molecule has 0 spiro atoms. The molecule has 0 radical (unpaired) electrons. The van der Waals surface area contributed by atoms with Crippen molar-refractivity contribution in [3.8, 4) is 0 Å². The van der Waals surface area contributed by atoms with Crippen LogP contribution in [0.1, 0.15) is 68.9 Å². The summed E-state index contributed by atoms with van der Waals surface area (Å²) in [6.07, 6.45) is 8.54. The molecule has 50 heavy (non-hydrogen) atoms. The topological polar surface area (TPSA) is 177 Å². The Morgan fingerprint density at radius 1 is 0.780 bits per heavy atom. The predicted molar refractivity (Wildman–Crippen MR) is 212 cm³/mol. The van der Waals surface area contributed by atoms with E-state index in [1.807, 2.05) is 29.1 Å². The van der Waals surface area contributed by atoms with Gasteiger partial charge in [-0.25, -0.2) is 0 Å². The van der Waals surface area contributed by atoms with Crippen molar-refractivity contribution in [2.24, 2.45) is 14.8 Å². The van der Waals surface area contributed by atoms with Crippen molar-refractivity contribution in [3.63, 3.8) is 0 Å². The molecular formula is C31H60B6N6O7. The Hall–Kier alpha value is -2.26. The van der Waals surface area contributed by atoms with Gasteiger partial charge in [-0.2, -0.15) is 0 Å². The number of guanidine groups is 1. The number of hydrogen-bond donors (Lipinski definition) is 6. The molecule has 0 aliphatic carbocycles. The van der Waals surface area contributed by atoms with Crippen LogP contribution in [0.4, 0.5) is 0 Å². The van der Waals surface area contributed by atoms with Crippen LogP contribution in [0, 0.1) is 0 Å². The minimum Gasteiger partial charge on any atom is -0.450 e. The van der Waals surface area contributed by atoms with Crippen LogP contribution in [0.5, 0.6) is 0 Å². The van der Waals surface area contributed by atoms with Crippen LogP contribution in [0.25, 0.3) is 0 Å². The van der Waals surface area contributed by atoms with Gasteiger partial charge in [0, 0.05) is 38.3 Å². The van der Waals surface area contributed by atoms with E-state index in [1.165, 1.54) is 0 Å². The van der Waals surface area contributed by atoms with Gasteiger partial charge in [-0.1, -0.05) is 56.8 Å². The zero-order valence-corrected chi connectivity index (χ0v) is 31.4. The lowest BCUT2D eigenvalue weighted by Gasteiger charge is -2.37. The van der Waals surface area contributed by atoms with Crippen LogP contribution in [0.15, 0.2) is 39.1 Å². The van der Waals surface area contributed by atoms with E-state index in [4.69, 9.17) is 4.74 Å². The first-order valence-electron chi connectivity index (χ1n) is 18.5. The molecule has 0 unspecified atom stereocenters. The summed E-state index contributed by atoms with van der Waals surface area (Å²) in [5.41, 5.74) is 2.83. The summed E-state index contributed by atoms with van der Waals surface area (Å²) in [5.74, 6) is 1.16. The van der Waals surface area contributed by atoms with Crippen molar-refractivity contribution in [2.75, 3.05) is 32.8 Å². The molecule has 0 fully saturated rings. The fourth-order valence-corrected chi connectivity index (χ4v) is 6.05. The van der Waals surface area contributed by atoms with Crippen molar-refractivity contribution >= 4 is 59.7 Å². The maximum Gasteiger partial charge on any atom is 0.431 e. The van der Waals surface area contributed by atoms with Crippen LogP contribution in [0.3, 0.4) is 0 Å². The number of unbranched alkanes of at least 4 members (excludes halogenated alkanes) is 5. The standard InChI is InChI=1S/C31H60B6N6O7/c1-32(44)25-29(39-33(2)45)15-11-9-7-8-10-12-21-42(36(5)48)31(40-34(3)46)43(37(6)49)23-14-24-50-26-27-16-18-28(19-17-27)30-38-20-13-22-41(30)35(4)47/h16-19,44-49H,7-15,20-26H2,1-6H3. The van der Waals surface area contributed by atoms with E-state index in [2.05, 4.69) is 14.8 Å². The van der Waals surface area contributed by atoms with Gasteiger partial charge in [-0.05, 0) is 83.8 Å². The van der Waals surface area contributed by atoms with E-state index in [-0.39, 0.29) is 0 Å².